The van der Waals surface area contributed by atoms with Gasteiger partial charge < -0.3 is 9.64 Å². The minimum Gasteiger partial charge on any atom is -0.465 e. The predicted molar refractivity (Wildman–Crippen MR) is 116 cm³/mol. The van der Waals surface area contributed by atoms with E-state index in [1.807, 2.05) is 25.1 Å². The number of carbonyl (C=O) groups excluding carboxylic acids is 2. The van der Waals surface area contributed by atoms with Crippen LogP contribution in [0.5, 0.6) is 0 Å². The summed E-state index contributed by atoms with van der Waals surface area (Å²) in [4.78, 5) is 25.8. The van der Waals surface area contributed by atoms with Crippen LogP contribution in [0.1, 0.15) is 27.9 Å². The van der Waals surface area contributed by atoms with E-state index in [2.05, 4.69) is 4.74 Å². The lowest BCUT2D eigenvalue weighted by molar-refractivity contribution is -0.132. The van der Waals surface area contributed by atoms with E-state index in [1.54, 1.807) is 4.90 Å². The molecule has 1 fully saturated rings. The Morgan fingerprint density at radius 1 is 1.17 bits per heavy atom. The van der Waals surface area contributed by atoms with Crippen molar-refractivity contribution >= 4 is 44.8 Å². The maximum atomic E-state index is 12.8. The van der Waals surface area contributed by atoms with Crippen LogP contribution in [0.3, 0.4) is 0 Å². The highest BCUT2D eigenvalue weighted by Crippen LogP contribution is 2.25. The van der Waals surface area contributed by atoms with Gasteiger partial charge in [-0.1, -0.05) is 23.7 Å². The molecule has 1 aliphatic rings. The average molecular weight is 471 g/mol. The van der Waals surface area contributed by atoms with Gasteiger partial charge in [-0.15, -0.1) is 11.3 Å². The summed E-state index contributed by atoms with van der Waals surface area (Å²) in [5.41, 5.74) is 2.21. The topological polar surface area (TPSA) is 84.0 Å². The van der Waals surface area contributed by atoms with Crippen LogP contribution in [0.2, 0.25) is 5.02 Å². The van der Waals surface area contributed by atoms with Gasteiger partial charge in [0.1, 0.15) is 4.21 Å². The molecule has 0 aliphatic carbocycles. The number of hydrogen-bond donors (Lipinski definition) is 0. The maximum absolute atomic E-state index is 12.8. The predicted octanol–water partition coefficient (Wildman–Crippen LogP) is 2.96. The fraction of sp³-hybridized carbons (Fsp3) is 0.400. The number of amides is 1. The molecule has 10 heteroatoms. The second kappa shape index (κ2) is 9.47. The van der Waals surface area contributed by atoms with Gasteiger partial charge in [-0.2, -0.15) is 4.31 Å². The van der Waals surface area contributed by atoms with E-state index in [9.17, 15) is 18.0 Å². The highest BCUT2D eigenvalue weighted by Gasteiger charge is 2.31. The number of rotatable bonds is 6. The third kappa shape index (κ3) is 5.03. The molecular formula is C20H23ClN2O5S2. The highest BCUT2D eigenvalue weighted by atomic mass is 35.5. The number of sulfonamides is 1. The first kappa shape index (κ1) is 22.7. The van der Waals surface area contributed by atoms with Crippen molar-refractivity contribution in [2.75, 3.05) is 33.3 Å². The molecule has 7 nitrogen and oxygen atoms in total. The number of hydrogen-bond acceptors (Lipinski definition) is 6. The number of thiophene rings is 1. The molecule has 1 aliphatic heterocycles. The minimum absolute atomic E-state index is 0.00662. The molecule has 2 heterocycles. The first-order valence-electron chi connectivity index (χ1n) is 9.42. The van der Waals surface area contributed by atoms with Crippen molar-refractivity contribution in [3.63, 3.8) is 0 Å². The van der Waals surface area contributed by atoms with Crippen LogP contribution in [0.4, 0.5) is 0 Å². The summed E-state index contributed by atoms with van der Waals surface area (Å²) in [6.45, 7) is 3.03. The molecule has 162 valence electrons. The van der Waals surface area contributed by atoms with Crippen LogP contribution in [0.15, 0.2) is 33.9 Å². The van der Waals surface area contributed by atoms with Crippen molar-refractivity contribution in [2.45, 2.75) is 24.0 Å². The van der Waals surface area contributed by atoms with Gasteiger partial charge in [0.05, 0.1) is 12.7 Å². The Morgan fingerprint density at radius 2 is 1.87 bits per heavy atom. The number of ether oxygens (including phenoxy) is 1. The number of carbonyl (C=O) groups is 2. The Kier molecular flexibility index (Phi) is 7.18. The summed E-state index contributed by atoms with van der Waals surface area (Å²) in [6.07, 6.45) is 0.933. The highest BCUT2D eigenvalue weighted by molar-refractivity contribution is 7.91. The number of methoxy groups -OCH3 is 1. The van der Waals surface area contributed by atoms with E-state index in [-0.39, 0.29) is 28.8 Å². The molecule has 0 unspecified atom stereocenters. The standard InChI is InChI=1S/C20H23ClN2O5S2/c1-14-3-4-15(11-17(14)21)5-6-18(24)22-7-9-23(10-8-22)30(26,27)19-12-16(13-29-19)20(25)28-2/h3-4,11-13H,5-10H2,1-2H3. The van der Waals surface area contributed by atoms with Gasteiger partial charge in [-0.05, 0) is 36.6 Å². The van der Waals surface area contributed by atoms with Crippen LogP contribution < -0.4 is 0 Å². The smallest absolute Gasteiger partial charge is 0.338 e. The largest absolute Gasteiger partial charge is 0.465 e. The molecule has 1 aromatic heterocycles. The van der Waals surface area contributed by atoms with Gasteiger partial charge in [-0.25, -0.2) is 13.2 Å². The molecule has 0 N–H and O–H groups in total. The van der Waals surface area contributed by atoms with Crippen molar-refractivity contribution in [1.82, 2.24) is 9.21 Å². The molecule has 3 rings (SSSR count). The van der Waals surface area contributed by atoms with Crippen LogP contribution in [-0.2, 0) is 26.0 Å². The molecule has 0 saturated carbocycles. The summed E-state index contributed by atoms with van der Waals surface area (Å²) in [5, 5.41) is 2.15. The molecule has 0 atom stereocenters. The van der Waals surface area contributed by atoms with Crippen LogP contribution >= 0.6 is 22.9 Å². The molecule has 30 heavy (non-hydrogen) atoms. The lowest BCUT2D eigenvalue weighted by atomic mass is 10.1. The normalized spacial score (nSPS) is 15.2. The summed E-state index contributed by atoms with van der Waals surface area (Å²) in [6, 6.07) is 7.10. The Morgan fingerprint density at radius 3 is 2.50 bits per heavy atom. The van der Waals surface area contributed by atoms with E-state index in [1.165, 1.54) is 22.9 Å². The van der Waals surface area contributed by atoms with Crippen LogP contribution in [0, 0.1) is 6.92 Å². The Balaban J connectivity index is 1.55. The lowest BCUT2D eigenvalue weighted by Gasteiger charge is -2.33. The molecule has 1 amide bonds. The maximum Gasteiger partial charge on any atom is 0.338 e. The van der Waals surface area contributed by atoms with Gasteiger partial charge in [-0.3, -0.25) is 4.79 Å². The second-order valence-electron chi connectivity index (χ2n) is 7.01. The molecular weight excluding hydrogens is 448 g/mol. The third-order valence-corrected chi connectivity index (χ3v) is 8.77. The Bertz CT molecular complexity index is 1040. The fourth-order valence-corrected chi connectivity index (χ4v) is 6.11. The molecule has 1 saturated heterocycles. The number of piperazine rings is 1. The number of benzene rings is 1. The third-order valence-electron chi connectivity index (χ3n) is 5.05. The average Bonchev–Trinajstić information content (AvgIpc) is 3.25. The zero-order valence-corrected chi connectivity index (χ0v) is 19.1. The fourth-order valence-electron chi connectivity index (χ4n) is 3.18. The Labute approximate surface area is 185 Å². The second-order valence-corrected chi connectivity index (χ2v) is 10.5. The SMILES string of the molecule is COC(=O)c1csc(S(=O)(=O)N2CCN(C(=O)CCc3ccc(C)c(Cl)c3)CC2)c1. The van der Waals surface area contributed by atoms with Crippen LogP contribution in [-0.4, -0.2) is 62.8 Å². The Hall–Kier alpha value is -1.94. The number of halogens is 1. The van der Waals surface area contributed by atoms with Gasteiger partial charge in [0.25, 0.3) is 10.0 Å². The zero-order chi connectivity index (χ0) is 21.9. The number of aryl methyl sites for hydroxylation is 2. The minimum atomic E-state index is -3.70. The summed E-state index contributed by atoms with van der Waals surface area (Å²) in [5.74, 6) is -0.578. The van der Waals surface area contributed by atoms with Gasteiger partial charge in [0.2, 0.25) is 5.91 Å². The number of esters is 1. The van der Waals surface area contributed by atoms with E-state index in [0.717, 1.165) is 22.5 Å². The van der Waals surface area contributed by atoms with Crippen molar-refractivity contribution in [3.8, 4) is 0 Å². The van der Waals surface area contributed by atoms with E-state index < -0.39 is 16.0 Å². The van der Waals surface area contributed by atoms with Crippen molar-refractivity contribution in [3.05, 3.63) is 51.4 Å². The number of nitrogens with zero attached hydrogens (tertiary/aromatic N) is 2. The van der Waals surface area contributed by atoms with E-state index in [4.69, 9.17) is 11.6 Å². The monoisotopic (exact) mass is 470 g/mol. The summed E-state index contributed by atoms with van der Waals surface area (Å²) in [7, 11) is -2.46. The van der Waals surface area contributed by atoms with Gasteiger partial charge in [0, 0.05) is 43.0 Å². The van der Waals surface area contributed by atoms with E-state index in [0.29, 0.717) is 31.0 Å². The van der Waals surface area contributed by atoms with Crippen LogP contribution in [0.25, 0.3) is 0 Å². The molecule has 0 radical (unpaired) electrons. The summed E-state index contributed by atoms with van der Waals surface area (Å²) < 4.78 is 31.7. The first-order valence-corrected chi connectivity index (χ1v) is 12.1. The van der Waals surface area contributed by atoms with Crippen molar-refractivity contribution in [1.29, 1.82) is 0 Å². The van der Waals surface area contributed by atoms with Gasteiger partial charge in [0.15, 0.2) is 0 Å². The quantitative estimate of drug-likeness (QED) is 0.606. The summed E-state index contributed by atoms with van der Waals surface area (Å²) >= 11 is 7.12. The van der Waals surface area contributed by atoms with Crippen molar-refractivity contribution < 1.29 is 22.7 Å². The molecule has 2 aromatic rings. The van der Waals surface area contributed by atoms with Crippen molar-refractivity contribution in [2.24, 2.45) is 0 Å². The lowest BCUT2D eigenvalue weighted by Crippen LogP contribution is -2.50. The first-order chi connectivity index (χ1) is 14.2. The molecule has 1 aromatic carbocycles. The zero-order valence-electron chi connectivity index (χ0n) is 16.8. The molecule has 0 bridgehead atoms. The molecule has 0 spiro atoms. The van der Waals surface area contributed by atoms with E-state index >= 15 is 0 Å². The van der Waals surface area contributed by atoms with Gasteiger partial charge >= 0.3 is 5.97 Å².